The van der Waals surface area contributed by atoms with Crippen molar-refractivity contribution in [3.8, 4) is 0 Å². The predicted molar refractivity (Wildman–Crippen MR) is 102 cm³/mol. The number of halogens is 2. The quantitative estimate of drug-likeness (QED) is 0.822. The lowest BCUT2D eigenvalue weighted by Crippen LogP contribution is -2.41. The number of ether oxygens (including phenoxy) is 1. The number of morpholine rings is 1. The molecule has 1 fully saturated rings. The first-order valence-corrected chi connectivity index (χ1v) is 8.85. The lowest BCUT2D eigenvalue weighted by atomic mass is 10.2. The predicted octanol–water partition coefficient (Wildman–Crippen LogP) is 3.00. The maximum Gasteiger partial charge on any atom is 0.258 e. The monoisotopic (exact) mass is 391 g/mol. The second-order valence-electron chi connectivity index (χ2n) is 6.09. The number of carbonyl (C=O) groups excluding carboxylic acids is 2. The Kier molecular flexibility index (Phi) is 6.39. The van der Waals surface area contributed by atoms with Crippen LogP contribution in [0.1, 0.15) is 10.4 Å². The Labute approximate surface area is 161 Å². The maximum atomic E-state index is 13.7. The molecule has 0 spiro atoms. The first kappa shape index (κ1) is 19.3. The third kappa shape index (κ3) is 5.50. The van der Waals surface area contributed by atoms with Gasteiger partial charge in [0, 0.05) is 29.5 Å². The molecule has 0 radical (unpaired) electrons. The molecule has 6 nitrogen and oxygen atoms in total. The Bertz CT molecular complexity index is 823. The second-order valence-corrected chi connectivity index (χ2v) is 6.53. The van der Waals surface area contributed by atoms with E-state index in [1.807, 2.05) is 4.90 Å². The molecule has 2 aromatic rings. The molecule has 1 aliphatic rings. The van der Waals surface area contributed by atoms with Crippen LogP contribution in [0.4, 0.5) is 15.8 Å². The van der Waals surface area contributed by atoms with Gasteiger partial charge in [0.2, 0.25) is 5.91 Å². The van der Waals surface area contributed by atoms with Gasteiger partial charge in [0.1, 0.15) is 5.82 Å². The van der Waals surface area contributed by atoms with E-state index in [1.165, 1.54) is 12.1 Å². The van der Waals surface area contributed by atoms with Crippen LogP contribution in [0.15, 0.2) is 42.5 Å². The zero-order valence-electron chi connectivity index (χ0n) is 14.5. The van der Waals surface area contributed by atoms with Gasteiger partial charge in [-0.15, -0.1) is 0 Å². The first-order valence-electron chi connectivity index (χ1n) is 8.48. The Hall–Kier alpha value is -2.48. The van der Waals surface area contributed by atoms with E-state index >= 15 is 0 Å². The van der Waals surface area contributed by atoms with Gasteiger partial charge >= 0.3 is 0 Å². The van der Waals surface area contributed by atoms with Crippen molar-refractivity contribution >= 4 is 34.8 Å². The van der Waals surface area contributed by atoms with E-state index in [0.29, 0.717) is 31.1 Å². The Balaban J connectivity index is 1.56. The van der Waals surface area contributed by atoms with Gasteiger partial charge in [-0.2, -0.15) is 0 Å². The van der Waals surface area contributed by atoms with E-state index in [9.17, 15) is 14.0 Å². The van der Waals surface area contributed by atoms with Crippen molar-refractivity contribution in [3.63, 3.8) is 0 Å². The fourth-order valence-electron chi connectivity index (χ4n) is 2.67. The lowest BCUT2D eigenvalue weighted by Gasteiger charge is -2.25. The van der Waals surface area contributed by atoms with Gasteiger partial charge in [-0.05, 0) is 42.5 Å². The van der Waals surface area contributed by atoms with Crippen molar-refractivity contribution in [1.29, 1.82) is 0 Å². The number of hydrogen-bond acceptors (Lipinski definition) is 4. The average Bonchev–Trinajstić information content (AvgIpc) is 2.66. The van der Waals surface area contributed by atoms with Gasteiger partial charge in [-0.1, -0.05) is 11.6 Å². The molecule has 1 saturated heterocycles. The molecule has 142 valence electrons. The molecule has 2 aromatic carbocycles. The summed E-state index contributed by atoms with van der Waals surface area (Å²) in [6, 6.07) is 10.4. The minimum absolute atomic E-state index is 0.116. The van der Waals surface area contributed by atoms with E-state index in [4.69, 9.17) is 16.3 Å². The van der Waals surface area contributed by atoms with Gasteiger partial charge in [-0.25, -0.2) is 4.39 Å². The molecule has 0 aromatic heterocycles. The zero-order valence-corrected chi connectivity index (χ0v) is 15.3. The number of nitrogens with zero attached hydrogens (tertiary/aromatic N) is 1. The van der Waals surface area contributed by atoms with Crippen molar-refractivity contribution in [2.75, 3.05) is 43.5 Å². The van der Waals surface area contributed by atoms with Gasteiger partial charge < -0.3 is 15.4 Å². The molecule has 2 amide bonds. The van der Waals surface area contributed by atoms with Crippen molar-refractivity contribution in [2.45, 2.75) is 0 Å². The van der Waals surface area contributed by atoms with Crippen molar-refractivity contribution in [1.82, 2.24) is 4.90 Å². The van der Waals surface area contributed by atoms with Crippen LogP contribution in [0.2, 0.25) is 5.02 Å². The summed E-state index contributed by atoms with van der Waals surface area (Å²) in [6.45, 7) is 3.04. The molecule has 0 atom stereocenters. The number of rotatable bonds is 5. The van der Waals surface area contributed by atoms with Crippen LogP contribution in [0.3, 0.4) is 0 Å². The number of benzene rings is 2. The molecule has 1 heterocycles. The van der Waals surface area contributed by atoms with Gasteiger partial charge in [-0.3, -0.25) is 14.5 Å². The van der Waals surface area contributed by atoms with Crippen LogP contribution < -0.4 is 10.6 Å². The van der Waals surface area contributed by atoms with Crippen LogP contribution >= 0.6 is 11.6 Å². The highest BCUT2D eigenvalue weighted by Gasteiger charge is 2.15. The summed E-state index contributed by atoms with van der Waals surface area (Å²) in [7, 11) is 0. The molecule has 1 aliphatic heterocycles. The molecular weight excluding hydrogens is 373 g/mol. The summed E-state index contributed by atoms with van der Waals surface area (Å²) >= 11 is 5.81. The van der Waals surface area contributed by atoms with Crippen LogP contribution in [-0.2, 0) is 9.53 Å². The van der Waals surface area contributed by atoms with E-state index in [0.717, 1.165) is 19.2 Å². The summed E-state index contributed by atoms with van der Waals surface area (Å²) in [5, 5.41) is 5.68. The molecule has 8 heteroatoms. The van der Waals surface area contributed by atoms with E-state index in [2.05, 4.69) is 10.6 Å². The maximum absolute atomic E-state index is 13.7. The molecule has 2 N–H and O–H groups in total. The minimum atomic E-state index is -0.649. The number of amides is 2. The molecule has 3 rings (SSSR count). The number of hydrogen-bond donors (Lipinski definition) is 2. The van der Waals surface area contributed by atoms with Gasteiger partial charge in [0.15, 0.2) is 0 Å². The molecule has 0 saturated carbocycles. The van der Waals surface area contributed by atoms with Gasteiger partial charge in [0.25, 0.3) is 5.91 Å². The highest BCUT2D eigenvalue weighted by Crippen LogP contribution is 2.18. The van der Waals surface area contributed by atoms with E-state index < -0.39 is 11.7 Å². The molecule has 0 aliphatic carbocycles. The smallest absolute Gasteiger partial charge is 0.258 e. The summed E-state index contributed by atoms with van der Waals surface area (Å²) in [4.78, 5) is 26.3. The highest BCUT2D eigenvalue weighted by atomic mass is 35.5. The summed E-state index contributed by atoms with van der Waals surface area (Å²) in [6.07, 6.45) is 0. The first-order chi connectivity index (χ1) is 13.0. The van der Waals surface area contributed by atoms with Crippen LogP contribution in [0, 0.1) is 5.82 Å². The fourth-order valence-corrected chi connectivity index (χ4v) is 2.84. The highest BCUT2D eigenvalue weighted by molar-refractivity contribution is 6.31. The third-order valence-corrected chi connectivity index (χ3v) is 4.31. The van der Waals surface area contributed by atoms with Crippen LogP contribution in [0.25, 0.3) is 0 Å². The second kappa shape index (κ2) is 8.94. The van der Waals surface area contributed by atoms with Gasteiger partial charge in [0.05, 0.1) is 25.3 Å². The molecule has 0 bridgehead atoms. The minimum Gasteiger partial charge on any atom is -0.379 e. The zero-order chi connectivity index (χ0) is 19.2. The largest absolute Gasteiger partial charge is 0.379 e. The van der Waals surface area contributed by atoms with Crippen LogP contribution in [0.5, 0.6) is 0 Å². The number of nitrogens with one attached hydrogen (secondary N) is 2. The molecular formula is C19H19ClFN3O3. The van der Waals surface area contributed by atoms with Crippen molar-refractivity contribution in [2.24, 2.45) is 0 Å². The third-order valence-electron chi connectivity index (χ3n) is 4.07. The Morgan fingerprint density at radius 1 is 1.04 bits per heavy atom. The Morgan fingerprint density at radius 3 is 2.33 bits per heavy atom. The number of anilines is 2. The summed E-state index contributed by atoms with van der Waals surface area (Å²) in [5.74, 6) is -1.36. The SMILES string of the molecule is O=C(CN1CCOCC1)Nc1ccc(NC(=O)c2cc(Cl)ccc2F)cc1. The Morgan fingerprint density at radius 2 is 1.67 bits per heavy atom. The van der Waals surface area contributed by atoms with E-state index in [1.54, 1.807) is 24.3 Å². The number of carbonyl (C=O) groups is 2. The fraction of sp³-hybridized carbons (Fsp3) is 0.263. The lowest BCUT2D eigenvalue weighted by molar-refractivity contribution is -0.118. The molecule has 0 unspecified atom stereocenters. The van der Waals surface area contributed by atoms with Crippen LogP contribution in [-0.4, -0.2) is 49.6 Å². The van der Waals surface area contributed by atoms with E-state index in [-0.39, 0.29) is 16.5 Å². The molecule has 27 heavy (non-hydrogen) atoms. The normalized spacial score (nSPS) is 14.6. The summed E-state index contributed by atoms with van der Waals surface area (Å²) in [5.41, 5.74) is 0.955. The topological polar surface area (TPSA) is 70.7 Å². The van der Waals surface area contributed by atoms with Crippen molar-refractivity contribution in [3.05, 3.63) is 58.9 Å². The van der Waals surface area contributed by atoms with Crippen molar-refractivity contribution < 1.29 is 18.7 Å². The average molecular weight is 392 g/mol. The standard InChI is InChI=1S/C19H19ClFN3O3/c20-13-1-6-17(21)16(11-13)19(26)23-15-4-2-14(3-5-15)22-18(25)12-24-7-9-27-10-8-24/h1-6,11H,7-10,12H2,(H,22,25)(H,23,26). The summed E-state index contributed by atoms with van der Waals surface area (Å²) < 4.78 is 19.0.